The van der Waals surface area contributed by atoms with Crippen LogP contribution in [-0.4, -0.2) is 35.5 Å². The van der Waals surface area contributed by atoms with Gasteiger partial charge in [0.2, 0.25) is 5.82 Å². The standard InChI is InChI=1S/C10H6F5NO3/c1-16(2-3(17)18)10(19)4-5(11)7(13)9(15)8(14)6(4)12/h2H2,1H3,(H,17,18). The molecule has 0 atom stereocenters. The molecule has 1 N–H and O–H groups in total. The third kappa shape index (κ3) is 2.64. The van der Waals surface area contributed by atoms with Crippen LogP contribution in [0.15, 0.2) is 0 Å². The van der Waals surface area contributed by atoms with E-state index in [0.717, 1.165) is 7.05 Å². The zero-order valence-corrected chi connectivity index (χ0v) is 9.31. The fourth-order valence-corrected chi connectivity index (χ4v) is 1.26. The van der Waals surface area contributed by atoms with Crippen molar-refractivity contribution in [3.63, 3.8) is 0 Å². The van der Waals surface area contributed by atoms with E-state index in [9.17, 15) is 31.5 Å². The average molecular weight is 283 g/mol. The summed E-state index contributed by atoms with van der Waals surface area (Å²) in [5.41, 5.74) is -1.69. The Kier molecular flexibility index (Phi) is 4.07. The van der Waals surface area contributed by atoms with Crippen molar-refractivity contribution in [3.05, 3.63) is 34.6 Å². The van der Waals surface area contributed by atoms with Gasteiger partial charge in [0.1, 0.15) is 12.1 Å². The second-order valence-corrected chi connectivity index (χ2v) is 3.50. The monoisotopic (exact) mass is 283 g/mol. The van der Waals surface area contributed by atoms with Crippen LogP contribution in [0, 0.1) is 29.1 Å². The number of amides is 1. The highest BCUT2D eigenvalue weighted by Gasteiger charge is 2.31. The Bertz CT molecular complexity index is 532. The van der Waals surface area contributed by atoms with E-state index in [1.54, 1.807) is 0 Å². The average Bonchev–Trinajstić information content (AvgIpc) is 2.33. The second kappa shape index (κ2) is 5.21. The van der Waals surface area contributed by atoms with Gasteiger partial charge in [0.05, 0.1) is 0 Å². The maximum absolute atomic E-state index is 13.2. The molecular formula is C10H6F5NO3. The van der Waals surface area contributed by atoms with Gasteiger partial charge in [0.25, 0.3) is 5.91 Å². The lowest BCUT2D eigenvalue weighted by Crippen LogP contribution is -2.33. The molecule has 104 valence electrons. The van der Waals surface area contributed by atoms with Gasteiger partial charge in [0.15, 0.2) is 23.3 Å². The van der Waals surface area contributed by atoms with Crippen molar-refractivity contribution in [2.75, 3.05) is 13.6 Å². The fourth-order valence-electron chi connectivity index (χ4n) is 1.26. The first-order valence-electron chi connectivity index (χ1n) is 4.67. The van der Waals surface area contributed by atoms with E-state index in [2.05, 4.69) is 0 Å². The minimum absolute atomic E-state index is 0.306. The summed E-state index contributed by atoms with van der Waals surface area (Å²) in [6, 6.07) is 0. The number of aliphatic carboxylic acids is 1. The van der Waals surface area contributed by atoms with Gasteiger partial charge in [-0.1, -0.05) is 0 Å². The molecule has 1 aromatic rings. The van der Waals surface area contributed by atoms with Crippen LogP contribution in [0.3, 0.4) is 0 Å². The number of carboxylic acids is 1. The van der Waals surface area contributed by atoms with Crippen LogP contribution in [0.25, 0.3) is 0 Å². The van der Waals surface area contributed by atoms with Crippen molar-refractivity contribution in [1.29, 1.82) is 0 Å². The van der Waals surface area contributed by atoms with Crippen molar-refractivity contribution in [3.8, 4) is 0 Å². The predicted molar refractivity (Wildman–Crippen MR) is 50.8 cm³/mol. The van der Waals surface area contributed by atoms with E-state index in [-0.39, 0.29) is 0 Å². The highest BCUT2D eigenvalue weighted by Crippen LogP contribution is 2.23. The summed E-state index contributed by atoms with van der Waals surface area (Å²) in [6.45, 7) is -0.960. The molecule has 0 aliphatic rings. The molecule has 0 radical (unpaired) electrons. The van der Waals surface area contributed by atoms with Gasteiger partial charge in [-0.3, -0.25) is 9.59 Å². The summed E-state index contributed by atoms with van der Waals surface area (Å²) in [7, 11) is 0.842. The fraction of sp³-hybridized carbons (Fsp3) is 0.200. The zero-order chi connectivity index (χ0) is 14.9. The van der Waals surface area contributed by atoms with Crippen LogP contribution < -0.4 is 0 Å². The summed E-state index contributed by atoms with van der Waals surface area (Å²) < 4.78 is 64.9. The third-order valence-electron chi connectivity index (χ3n) is 2.14. The molecule has 0 bridgehead atoms. The molecule has 9 heteroatoms. The molecule has 1 aromatic carbocycles. The summed E-state index contributed by atoms with van der Waals surface area (Å²) in [4.78, 5) is 22.1. The first kappa shape index (κ1) is 14.9. The number of nitrogens with zero attached hydrogens (tertiary/aromatic N) is 1. The summed E-state index contributed by atoms with van der Waals surface area (Å²) in [5, 5.41) is 8.38. The molecule has 1 rings (SSSR count). The number of carbonyl (C=O) groups is 2. The van der Waals surface area contributed by atoms with Gasteiger partial charge >= 0.3 is 5.97 Å². The summed E-state index contributed by atoms with van der Waals surface area (Å²) >= 11 is 0. The van der Waals surface area contributed by atoms with Gasteiger partial charge < -0.3 is 10.0 Å². The molecule has 0 fully saturated rings. The first-order chi connectivity index (χ1) is 8.68. The van der Waals surface area contributed by atoms with Crippen LogP contribution in [0.4, 0.5) is 22.0 Å². The van der Waals surface area contributed by atoms with Crippen molar-refractivity contribution in [1.82, 2.24) is 4.90 Å². The minimum atomic E-state index is -2.40. The van der Waals surface area contributed by atoms with Crippen LogP contribution in [0.2, 0.25) is 0 Å². The molecule has 0 heterocycles. The smallest absolute Gasteiger partial charge is 0.323 e. The van der Waals surface area contributed by atoms with E-state index in [4.69, 9.17) is 5.11 Å². The van der Waals surface area contributed by atoms with Gasteiger partial charge in [-0.05, 0) is 0 Å². The first-order valence-corrected chi connectivity index (χ1v) is 4.67. The number of likely N-dealkylation sites (N-methyl/N-ethyl adjacent to an activating group) is 1. The maximum atomic E-state index is 13.2. The number of carboxylic acid groups (broad SMARTS) is 1. The number of halogens is 5. The van der Waals surface area contributed by atoms with Crippen molar-refractivity contribution in [2.45, 2.75) is 0 Å². The SMILES string of the molecule is CN(CC(=O)O)C(=O)c1c(F)c(F)c(F)c(F)c1F. The lowest BCUT2D eigenvalue weighted by atomic mass is 10.1. The zero-order valence-electron chi connectivity index (χ0n) is 9.31. The number of benzene rings is 1. The molecule has 0 spiro atoms. The molecule has 0 unspecified atom stereocenters. The lowest BCUT2D eigenvalue weighted by Gasteiger charge is -2.16. The van der Waals surface area contributed by atoms with Gasteiger partial charge in [-0.25, -0.2) is 22.0 Å². The predicted octanol–water partition coefficient (Wildman–Crippen LogP) is 1.54. The lowest BCUT2D eigenvalue weighted by molar-refractivity contribution is -0.137. The molecule has 0 aromatic heterocycles. The molecule has 19 heavy (non-hydrogen) atoms. The van der Waals surface area contributed by atoms with Gasteiger partial charge in [0, 0.05) is 7.05 Å². The van der Waals surface area contributed by atoms with Gasteiger partial charge in [-0.2, -0.15) is 0 Å². The normalized spacial score (nSPS) is 10.4. The number of rotatable bonds is 3. The van der Waals surface area contributed by atoms with Crippen LogP contribution in [-0.2, 0) is 4.79 Å². The Morgan fingerprint density at radius 3 is 1.68 bits per heavy atom. The Morgan fingerprint density at radius 2 is 1.32 bits per heavy atom. The number of hydrogen-bond donors (Lipinski definition) is 1. The summed E-state index contributed by atoms with van der Waals surface area (Å²) in [6.07, 6.45) is 0. The van der Waals surface area contributed by atoms with Crippen molar-refractivity contribution < 1.29 is 36.6 Å². The van der Waals surface area contributed by atoms with Crippen molar-refractivity contribution >= 4 is 11.9 Å². The van der Waals surface area contributed by atoms with Gasteiger partial charge in [-0.15, -0.1) is 0 Å². The van der Waals surface area contributed by atoms with Crippen molar-refractivity contribution in [2.24, 2.45) is 0 Å². The highest BCUT2D eigenvalue weighted by molar-refractivity contribution is 5.96. The molecule has 0 saturated heterocycles. The second-order valence-electron chi connectivity index (χ2n) is 3.50. The molecule has 4 nitrogen and oxygen atoms in total. The Labute approximate surface area is 103 Å². The van der Waals surface area contributed by atoms with Crippen LogP contribution >= 0.6 is 0 Å². The van der Waals surface area contributed by atoms with E-state index in [1.165, 1.54) is 0 Å². The van der Waals surface area contributed by atoms with E-state index >= 15 is 0 Å². The van der Waals surface area contributed by atoms with Crippen LogP contribution in [0.1, 0.15) is 10.4 Å². The highest BCUT2D eigenvalue weighted by atomic mass is 19.2. The largest absolute Gasteiger partial charge is 0.480 e. The topological polar surface area (TPSA) is 57.6 Å². The Morgan fingerprint density at radius 1 is 0.947 bits per heavy atom. The molecule has 0 aliphatic carbocycles. The Balaban J connectivity index is 3.35. The van der Waals surface area contributed by atoms with E-state index in [1.807, 2.05) is 0 Å². The van der Waals surface area contributed by atoms with E-state index in [0.29, 0.717) is 4.90 Å². The Hall–Kier alpha value is -2.19. The molecule has 0 aliphatic heterocycles. The third-order valence-corrected chi connectivity index (χ3v) is 2.14. The number of hydrogen-bond acceptors (Lipinski definition) is 2. The number of carbonyl (C=O) groups excluding carboxylic acids is 1. The minimum Gasteiger partial charge on any atom is -0.480 e. The molecular weight excluding hydrogens is 277 g/mol. The maximum Gasteiger partial charge on any atom is 0.323 e. The van der Waals surface area contributed by atoms with Crippen LogP contribution in [0.5, 0.6) is 0 Å². The molecule has 1 amide bonds. The quantitative estimate of drug-likeness (QED) is 0.520. The van der Waals surface area contributed by atoms with E-state index < -0.39 is 53.1 Å². The summed E-state index contributed by atoms with van der Waals surface area (Å²) in [5.74, 6) is -14.7. The molecule has 0 saturated carbocycles.